The molecule has 158 valence electrons. The lowest BCUT2D eigenvalue weighted by Crippen LogP contribution is -2.46. The van der Waals surface area contributed by atoms with Crippen LogP contribution >= 0.6 is 0 Å². The molecule has 2 aliphatic heterocycles. The Balaban J connectivity index is 1.61. The lowest BCUT2D eigenvalue weighted by atomic mass is 10.1. The molecule has 0 atom stereocenters. The number of rotatable bonds is 3. The maximum absolute atomic E-state index is 12.9. The molecule has 0 saturated carbocycles. The number of nitrogens with zero attached hydrogens (tertiary/aromatic N) is 4. The van der Waals surface area contributed by atoms with Gasteiger partial charge in [0.2, 0.25) is 5.91 Å². The number of ether oxygens (including phenoxy) is 1. The molecular formula is C22H26N4O4. The molecular weight excluding hydrogens is 384 g/mol. The van der Waals surface area contributed by atoms with Crippen LogP contribution in [0.1, 0.15) is 47.4 Å². The van der Waals surface area contributed by atoms with E-state index in [1.807, 2.05) is 24.8 Å². The highest BCUT2D eigenvalue weighted by atomic mass is 16.5. The van der Waals surface area contributed by atoms with Crippen LogP contribution in [0, 0.1) is 13.8 Å². The summed E-state index contributed by atoms with van der Waals surface area (Å²) in [5.41, 5.74) is 2.31. The first kappa shape index (κ1) is 20.1. The van der Waals surface area contributed by atoms with Gasteiger partial charge in [-0.2, -0.15) is 5.10 Å². The number of hydrogen-bond donors (Lipinski definition) is 0. The van der Waals surface area contributed by atoms with Crippen LogP contribution in [0.4, 0.5) is 5.69 Å². The monoisotopic (exact) mass is 410 g/mol. The molecule has 0 N–H and O–H groups in total. The molecule has 0 aliphatic carbocycles. The third kappa shape index (κ3) is 3.94. The molecule has 8 nitrogen and oxygen atoms in total. The predicted molar refractivity (Wildman–Crippen MR) is 111 cm³/mol. The fourth-order valence-electron chi connectivity index (χ4n) is 4.02. The Morgan fingerprint density at radius 3 is 2.47 bits per heavy atom. The maximum atomic E-state index is 12.9. The number of carbonyl (C=O) groups excluding carboxylic acids is 3. The fraction of sp³-hybridized carbons (Fsp3) is 0.455. The van der Waals surface area contributed by atoms with E-state index in [1.54, 1.807) is 18.2 Å². The molecule has 0 spiro atoms. The smallest absolute Gasteiger partial charge is 0.278 e. The Labute approximate surface area is 175 Å². The van der Waals surface area contributed by atoms with Crippen LogP contribution in [0.25, 0.3) is 0 Å². The molecule has 2 aliphatic rings. The van der Waals surface area contributed by atoms with Gasteiger partial charge >= 0.3 is 0 Å². The number of hydrogen-bond acceptors (Lipinski definition) is 5. The van der Waals surface area contributed by atoms with E-state index in [1.165, 1.54) is 9.58 Å². The van der Waals surface area contributed by atoms with Crippen molar-refractivity contribution in [1.29, 1.82) is 0 Å². The summed E-state index contributed by atoms with van der Waals surface area (Å²) in [6, 6.07) is 6.77. The van der Waals surface area contributed by atoms with Crippen molar-refractivity contribution >= 4 is 23.4 Å². The van der Waals surface area contributed by atoms with E-state index in [-0.39, 0.29) is 30.9 Å². The second kappa shape index (κ2) is 8.30. The minimum atomic E-state index is -0.291. The van der Waals surface area contributed by atoms with E-state index in [9.17, 15) is 14.4 Å². The van der Waals surface area contributed by atoms with Crippen molar-refractivity contribution in [3.8, 4) is 5.75 Å². The minimum absolute atomic E-state index is 0.0489. The number of anilines is 1. The lowest BCUT2D eigenvalue weighted by Gasteiger charge is -2.31. The van der Waals surface area contributed by atoms with Gasteiger partial charge in [-0.3, -0.25) is 19.3 Å². The van der Waals surface area contributed by atoms with Gasteiger partial charge in [0.1, 0.15) is 12.3 Å². The second-order valence-electron chi connectivity index (χ2n) is 7.89. The van der Waals surface area contributed by atoms with E-state index in [0.29, 0.717) is 17.0 Å². The number of aryl methyl sites for hydroxylation is 2. The van der Waals surface area contributed by atoms with Crippen molar-refractivity contribution in [3.63, 3.8) is 0 Å². The number of likely N-dealkylation sites (tertiary alicyclic amines) is 1. The van der Waals surface area contributed by atoms with Crippen LogP contribution < -0.4 is 9.64 Å². The van der Waals surface area contributed by atoms with E-state index < -0.39 is 0 Å². The van der Waals surface area contributed by atoms with Crippen LogP contribution in [0.5, 0.6) is 5.75 Å². The standard InChI is InChI=1S/C22H26N4O4/c1-15-11-16(2)26(23-15)22(29)17-7-8-19-18(12-17)25(21(28)14-30-19)13-20(27)24-9-5-3-4-6-10-24/h7-8,11-12H,3-6,9-10,13-14H2,1-2H3. The Bertz CT molecular complexity index is 989. The van der Waals surface area contributed by atoms with E-state index >= 15 is 0 Å². The zero-order chi connectivity index (χ0) is 21.3. The number of aromatic nitrogens is 2. The Morgan fingerprint density at radius 1 is 1.07 bits per heavy atom. The summed E-state index contributed by atoms with van der Waals surface area (Å²) in [5.74, 6) is -0.168. The van der Waals surface area contributed by atoms with Gasteiger partial charge in [-0.1, -0.05) is 12.8 Å². The second-order valence-corrected chi connectivity index (χ2v) is 7.89. The van der Waals surface area contributed by atoms with Crippen molar-refractivity contribution in [2.24, 2.45) is 0 Å². The maximum Gasteiger partial charge on any atom is 0.278 e. The molecule has 0 bridgehead atoms. The van der Waals surface area contributed by atoms with Gasteiger partial charge in [0, 0.05) is 24.3 Å². The molecule has 4 rings (SSSR count). The normalized spacial score (nSPS) is 16.7. The Kier molecular flexibility index (Phi) is 5.57. The quantitative estimate of drug-likeness (QED) is 0.775. The van der Waals surface area contributed by atoms with Crippen LogP contribution in [0.2, 0.25) is 0 Å². The number of benzene rings is 1. The van der Waals surface area contributed by atoms with Gasteiger partial charge in [0.15, 0.2) is 6.61 Å². The van der Waals surface area contributed by atoms with Gasteiger partial charge in [0.25, 0.3) is 11.8 Å². The number of fused-ring (bicyclic) bond motifs is 1. The number of amides is 2. The molecule has 1 aromatic carbocycles. The van der Waals surface area contributed by atoms with Crippen molar-refractivity contribution in [2.45, 2.75) is 39.5 Å². The SMILES string of the molecule is Cc1cc(C)n(C(=O)c2ccc3c(c2)N(CC(=O)N2CCCCCC2)C(=O)CO3)n1. The third-order valence-corrected chi connectivity index (χ3v) is 5.60. The summed E-state index contributed by atoms with van der Waals surface area (Å²) in [5, 5.41) is 4.25. The van der Waals surface area contributed by atoms with Gasteiger partial charge in [-0.25, -0.2) is 4.68 Å². The summed E-state index contributed by atoms with van der Waals surface area (Å²) in [6.45, 7) is 4.92. The Hall–Kier alpha value is -3.16. The summed E-state index contributed by atoms with van der Waals surface area (Å²) >= 11 is 0. The van der Waals surface area contributed by atoms with Gasteiger partial charge in [-0.05, 0) is 51.0 Å². The van der Waals surface area contributed by atoms with Crippen molar-refractivity contribution in [3.05, 3.63) is 41.2 Å². The summed E-state index contributed by atoms with van der Waals surface area (Å²) in [4.78, 5) is 41.7. The van der Waals surface area contributed by atoms with Crippen molar-refractivity contribution < 1.29 is 19.1 Å². The molecule has 3 heterocycles. The van der Waals surface area contributed by atoms with E-state index in [2.05, 4.69) is 5.10 Å². The first-order chi connectivity index (χ1) is 14.4. The van der Waals surface area contributed by atoms with Crippen LogP contribution in [-0.4, -0.2) is 58.6 Å². The van der Waals surface area contributed by atoms with Gasteiger partial charge < -0.3 is 9.64 Å². The molecule has 0 unspecified atom stereocenters. The molecule has 2 amide bonds. The average molecular weight is 410 g/mol. The largest absolute Gasteiger partial charge is 0.482 e. The zero-order valence-corrected chi connectivity index (χ0v) is 17.4. The summed E-state index contributed by atoms with van der Waals surface area (Å²) in [6.07, 6.45) is 4.23. The number of carbonyl (C=O) groups is 3. The van der Waals surface area contributed by atoms with E-state index in [0.717, 1.165) is 50.2 Å². The van der Waals surface area contributed by atoms with Crippen LogP contribution in [-0.2, 0) is 9.59 Å². The van der Waals surface area contributed by atoms with Crippen LogP contribution in [0.3, 0.4) is 0 Å². The first-order valence-corrected chi connectivity index (χ1v) is 10.4. The van der Waals surface area contributed by atoms with Crippen molar-refractivity contribution in [2.75, 3.05) is 31.1 Å². The third-order valence-electron chi connectivity index (χ3n) is 5.60. The fourth-order valence-corrected chi connectivity index (χ4v) is 4.02. The van der Waals surface area contributed by atoms with Crippen LogP contribution in [0.15, 0.2) is 24.3 Å². The highest BCUT2D eigenvalue weighted by Crippen LogP contribution is 2.33. The lowest BCUT2D eigenvalue weighted by molar-refractivity contribution is -0.132. The minimum Gasteiger partial charge on any atom is -0.482 e. The average Bonchev–Trinajstić information content (AvgIpc) is 2.93. The van der Waals surface area contributed by atoms with E-state index in [4.69, 9.17) is 4.74 Å². The Morgan fingerprint density at radius 2 is 1.80 bits per heavy atom. The van der Waals surface area contributed by atoms with Gasteiger partial charge in [-0.15, -0.1) is 0 Å². The molecule has 0 radical (unpaired) electrons. The molecule has 30 heavy (non-hydrogen) atoms. The first-order valence-electron chi connectivity index (χ1n) is 10.4. The molecule has 8 heteroatoms. The molecule has 1 fully saturated rings. The highest BCUT2D eigenvalue weighted by Gasteiger charge is 2.30. The summed E-state index contributed by atoms with van der Waals surface area (Å²) in [7, 11) is 0. The highest BCUT2D eigenvalue weighted by molar-refractivity contribution is 6.04. The molecule has 2 aromatic rings. The predicted octanol–water partition coefficient (Wildman–Crippen LogP) is 2.32. The van der Waals surface area contributed by atoms with Gasteiger partial charge in [0.05, 0.1) is 11.4 Å². The molecule has 1 aromatic heterocycles. The zero-order valence-electron chi connectivity index (χ0n) is 17.4. The summed E-state index contributed by atoms with van der Waals surface area (Å²) < 4.78 is 6.87. The topological polar surface area (TPSA) is 84.7 Å². The van der Waals surface area contributed by atoms with Crippen molar-refractivity contribution in [1.82, 2.24) is 14.7 Å². The molecule has 1 saturated heterocycles.